The smallest absolute Gasteiger partial charge is 0.408 e. The molecule has 0 bridgehead atoms. The van der Waals surface area contributed by atoms with E-state index in [2.05, 4.69) is 15.6 Å². The van der Waals surface area contributed by atoms with Gasteiger partial charge in [0.2, 0.25) is 5.91 Å². The topological polar surface area (TPSA) is 102 Å². The van der Waals surface area contributed by atoms with Crippen LogP contribution in [0.4, 0.5) is 4.79 Å². The van der Waals surface area contributed by atoms with Crippen LogP contribution in [-0.4, -0.2) is 39.2 Å². The van der Waals surface area contributed by atoms with Gasteiger partial charge in [-0.1, -0.05) is 37.8 Å². The van der Waals surface area contributed by atoms with Crippen LogP contribution in [0.1, 0.15) is 65.7 Å². The van der Waals surface area contributed by atoms with E-state index in [0.29, 0.717) is 17.4 Å². The molecular weight excluding hydrogens is 408 g/mol. The number of carbonyl (C=O) groups is 2. The molecule has 0 atom stereocenters. The molecule has 174 valence electrons. The molecule has 2 amide bonds. The van der Waals surface area contributed by atoms with Crippen LogP contribution in [0.2, 0.25) is 0 Å². The molecule has 1 aliphatic rings. The van der Waals surface area contributed by atoms with Gasteiger partial charge in [0.25, 0.3) is 5.56 Å². The minimum absolute atomic E-state index is 0.155. The highest BCUT2D eigenvalue weighted by Crippen LogP contribution is 2.27. The molecule has 0 aliphatic heterocycles. The molecule has 0 saturated heterocycles. The van der Waals surface area contributed by atoms with Gasteiger partial charge < -0.3 is 15.4 Å². The average molecular weight is 443 g/mol. The van der Waals surface area contributed by atoms with E-state index in [0.717, 1.165) is 38.5 Å². The first-order valence-electron chi connectivity index (χ1n) is 11.4. The number of benzene rings is 1. The average Bonchev–Trinajstić information content (AvgIpc) is 2.96. The largest absolute Gasteiger partial charge is 0.444 e. The van der Waals surface area contributed by atoms with Crippen LogP contribution in [-0.2, 0) is 16.1 Å². The molecule has 0 spiro atoms. The van der Waals surface area contributed by atoms with Crippen LogP contribution in [0.5, 0.6) is 0 Å². The van der Waals surface area contributed by atoms with Crippen LogP contribution >= 0.6 is 0 Å². The minimum atomic E-state index is -0.583. The molecule has 3 rings (SSSR count). The quantitative estimate of drug-likeness (QED) is 0.667. The van der Waals surface area contributed by atoms with E-state index in [9.17, 15) is 14.4 Å². The number of hydrogen-bond donors (Lipinski definition) is 2. The zero-order valence-corrected chi connectivity index (χ0v) is 19.3. The number of nitrogens with zero attached hydrogens (tertiary/aromatic N) is 2. The highest BCUT2D eigenvalue weighted by atomic mass is 16.6. The number of alkyl carbamates (subject to hydrolysis) is 1. The maximum absolute atomic E-state index is 12.6. The molecule has 32 heavy (non-hydrogen) atoms. The van der Waals surface area contributed by atoms with Gasteiger partial charge in [-0.05, 0) is 45.7 Å². The summed E-state index contributed by atoms with van der Waals surface area (Å²) in [6, 6.07) is 7.16. The van der Waals surface area contributed by atoms with Gasteiger partial charge in [-0.15, -0.1) is 0 Å². The van der Waals surface area contributed by atoms with E-state index < -0.39 is 17.2 Å². The van der Waals surface area contributed by atoms with Crippen molar-refractivity contribution in [3.05, 3.63) is 40.9 Å². The first kappa shape index (κ1) is 23.8. The molecule has 2 N–H and O–H groups in total. The van der Waals surface area contributed by atoms with Crippen LogP contribution in [0.15, 0.2) is 35.4 Å². The highest BCUT2D eigenvalue weighted by molar-refractivity contribution is 5.77. The Hall–Kier alpha value is -2.90. The number of ether oxygens (including phenoxy) is 1. The van der Waals surface area contributed by atoms with Crippen LogP contribution in [0.3, 0.4) is 0 Å². The number of aromatic nitrogens is 2. The highest BCUT2D eigenvalue weighted by Gasteiger charge is 2.34. The van der Waals surface area contributed by atoms with Gasteiger partial charge in [0, 0.05) is 19.5 Å². The van der Waals surface area contributed by atoms with E-state index in [1.165, 1.54) is 10.9 Å². The van der Waals surface area contributed by atoms with Gasteiger partial charge in [0.05, 0.1) is 22.8 Å². The summed E-state index contributed by atoms with van der Waals surface area (Å²) in [5.74, 6) is -0.167. The zero-order chi connectivity index (χ0) is 23.2. The molecule has 2 aromatic rings. The third-order valence-corrected chi connectivity index (χ3v) is 5.76. The summed E-state index contributed by atoms with van der Waals surface area (Å²) in [5, 5.41) is 6.55. The molecule has 1 aliphatic carbocycles. The number of fused-ring (bicyclic) bond motifs is 1. The minimum Gasteiger partial charge on any atom is -0.444 e. The summed E-state index contributed by atoms with van der Waals surface area (Å²) in [5.41, 5.74) is -0.618. The van der Waals surface area contributed by atoms with Crippen LogP contribution < -0.4 is 16.2 Å². The van der Waals surface area contributed by atoms with Crippen molar-refractivity contribution in [3.8, 4) is 0 Å². The number of aryl methyl sites for hydroxylation is 1. The lowest BCUT2D eigenvalue weighted by atomic mass is 9.90. The number of nitrogens with one attached hydrogen (secondary N) is 2. The number of carbonyl (C=O) groups excluding carboxylic acids is 2. The summed E-state index contributed by atoms with van der Waals surface area (Å²) >= 11 is 0. The Morgan fingerprint density at radius 2 is 1.81 bits per heavy atom. The molecule has 0 radical (unpaired) electrons. The summed E-state index contributed by atoms with van der Waals surface area (Å²) in [7, 11) is 0. The Morgan fingerprint density at radius 1 is 1.12 bits per heavy atom. The molecule has 0 unspecified atom stereocenters. The molecule has 8 nitrogen and oxygen atoms in total. The van der Waals surface area contributed by atoms with Crippen molar-refractivity contribution in [3.63, 3.8) is 0 Å². The monoisotopic (exact) mass is 442 g/mol. The Kier molecular flexibility index (Phi) is 7.53. The Labute approximate surface area is 188 Å². The van der Waals surface area contributed by atoms with Crippen molar-refractivity contribution >= 4 is 22.9 Å². The fraction of sp³-hybridized carbons (Fsp3) is 0.583. The van der Waals surface area contributed by atoms with E-state index in [1.807, 2.05) is 26.8 Å². The second-order valence-electron chi connectivity index (χ2n) is 9.61. The standard InChI is InChI=1S/C24H34N4O4/c1-23(2,3)32-22(31)27-24(13-8-4-5-9-14-24)16-25-20(29)12-15-28-17-26-19-11-7-6-10-18(19)21(28)30/h6-7,10-11,17H,4-5,8-9,12-16H2,1-3H3,(H,25,29)(H,27,31). The molecule has 1 fully saturated rings. The van der Waals surface area contributed by atoms with Gasteiger partial charge >= 0.3 is 6.09 Å². The maximum atomic E-state index is 12.6. The van der Waals surface area contributed by atoms with E-state index in [4.69, 9.17) is 4.74 Å². The summed E-state index contributed by atoms with van der Waals surface area (Å²) in [4.78, 5) is 41.9. The van der Waals surface area contributed by atoms with Gasteiger partial charge in [-0.2, -0.15) is 0 Å². The van der Waals surface area contributed by atoms with Gasteiger partial charge in [0.1, 0.15) is 5.60 Å². The predicted molar refractivity (Wildman–Crippen MR) is 123 cm³/mol. The maximum Gasteiger partial charge on any atom is 0.408 e. The molecular formula is C24H34N4O4. The first-order chi connectivity index (χ1) is 15.2. The van der Waals surface area contributed by atoms with E-state index >= 15 is 0 Å². The lowest BCUT2D eigenvalue weighted by molar-refractivity contribution is -0.121. The summed E-state index contributed by atoms with van der Waals surface area (Å²) in [6.45, 7) is 6.08. The zero-order valence-electron chi connectivity index (χ0n) is 19.3. The fourth-order valence-corrected chi connectivity index (χ4v) is 4.11. The molecule has 1 aromatic heterocycles. The second kappa shape index (κ2) is 10.1. The number of para-hydroxylation sites is 1. The number of rotatable bonds is 6. The van der Waals surface area contributed by atoms with Crippen molar-refractivity contribution < 1.29 is 14.3 Å². The van der Waals surface area contributed by atoms with E-state index in [1.54, 1.807) is 18.2 Å². The molecule has 1 aromatic carbocycles. The van der Waals surface area contributed by atoms with Crippen molar-refractivity contribution in [1.82, 2.24) is 20.2 Å². The second-order valence-corrected chi connectivity index (χ2v) is 9.61. The predicted octanol–water partition coefficient (Wildman–Crippen LogP) is 3.52. The third kappa shape index (κ3) is 6.55. The van der Waals surface area contributed by atoms with Gasteiger partial charge in [-0.25, -0.2) is 9.78 Å². The Balaban J connectivity index is 1.60. The first-order valence-corrected chi connectivity index (χ1v) is 11.4. The van der Waals surface area contributed by atoms with Crippen LogP contribution in [0.25, 0.3) is 10.9 Å². The Morgan fingerprint density at radius 3 is 2.50 bits per heavy atom. The van der Waals surface area contributed by atoms with Gasteiger partial charge in [-0.3, -0.25) is 14.2 Å². The Bertz CT molecular complexity index is 1000. The van der Waals surface area contributed by atoms with E-state index in [-0.39, 0.29) is 24.4 Å². The fourth-order valence-electron chi connectivity index (χ4n) is 4.11. The van der Waals surface area contributed by atoms with Crippen molar-refractivity contribution in [2.24, 2.45) is 0 Å². The SMILES string of the molecule is CC(C)(C)OC(=O)NC1(CNC(=O)CCn2cnc3ccccc3c2=O)CCCCCC1. The molecule has 1 saturated carbocycles. The van der Waals surface area contributed by atoms with Crippen molar-refractivity contribution in [2.45, 2.75) is 83.4 Å². The summed E-state index contributed by atoms with van der Waals surface area (Å²) in [6.07, 6.45) is 6.97. The van der Waals surface area contributed by atoms with Gasteiger partial charge in [0.15, 0.2) is 0 Å². The third-order valence-electron chi connectivity index (χ3n) is 5.76. The lowest BCUT2D eigenvalue weighted by Crippen LogP contribution is -2.56. The van der Waals surface area contributed by atoms with Crippen LogP contribution in [0, 0.1) is 0 Å². The molecule has 1 heterocycles. The van der Waals surface area contributed by atoms with Crippen molar-refractivity contribution in [1.29, 1.82) is 0 Å². The van der Waals surface area contributed by atoms with Crippen molar-refractivity contribution in [2.75, 3.05) is 6.54 Å². The molecule has 8 heteroatoms. The number of hydrogen-bond acceptors (Lipinski definition) is 5. The lowest BCUT2D eigenvalue weighted by Gasteiger charge is -2.35. The summed E-state index contributed by atoms with van der Waals surface area (Å²) < 4.78 is 6.92. The normalized spacial score (nSPS) is 16.2. The number of amides is 2.